The normalized spacial score (nSPS) is 13.1. The van der Waals surface area contributed by atoms with Gasteiger partial charge in [0.2, 0.25) is 0 Å². The fourth-order valence-electron chi connectivity index (χ4n) is 8.04. The number of hydrogen-bond donors (Lipinski definition) is 0. The first kappa shape index (κ1) is 29.3. The van der Waals surface area contributed by atoms with Gasteiger partial charge in [0.25, 0.3) is 0 Å². The average molecular weight is 629 g/mol. The minimum Gasteiger partial charge on any atom is -0.254 e. The van der Waals surface area contributed by atoms with Crippen LogP contribution in [0.5, 0.6) is 0 Å². The zero-order valence-electron chi connectivity index (χ0n) is 27.8. The first-order valence-electron chi connectivity index (χ1n) is 17.2. The number of fused-ring (bicyclic) bond motifs is 6. The zero-order valence-corrected chi connectivity index (χ0v) is 27.8. The number of benzene rings is 6. The Hall–Kier alpha value is -5.86. The molecule has 0 spiro atoms. The van der Waals surface area contributed by atoms with E-state index in [-0.39, 0.29) is 0 Å². The van der Waals surface area contributed by atoms with Crippen LogP contribution in [0, 0.1) is 5.92 Å². The molecule has 1 aliphatic carbocycles. The quantitative estimate of drug-likeness (QED) is 0.171. The smallest absolute Gasteiger partial charge is 0.0972 e. The van der Waals surface area contributed by atoms with Crippen molar-refractivity contribution in [1.82, 2.24) is 9.97 Å². The third kappa shape index (κ3) is 4.78. The molecule has 0 fully saturated rings. The van der Waals surface area contributed by atoms with E-state index < -0.39 is 5.41 Å². The van der Waals surface area contributed by atoms with E-state index in [1.165, 1.54) is 50.1 Å². The molecule has 6 aromatic carbocycles. The minimum atomic E-state index is -0.425. The van der Waals surface area contributed by atoms with E-state index in [1.807, 2.05) is 12.3 Å². The SMILES string of the molecule is CC(C)Cc1ccc(C2(c3cccc(-c4ccc(-c5ccc6ccc7cccnc7c6n5)cc4)c3)c3ccccc3-c3ccccc32)cc1. The van der Waals surface area contributed by atoms with Crippen LogP contribution in [0.1, 0.15) is 41.7 Å². The molecule has 8 aromatic rings. The summed E-state index contributed by atoms with van der Waals surface area (Å²) in [6.45, 7) is 4.57. The van der Waals surface area contributed by atoms with Gasteiger partial charge in [-0.2, -0.15) is 0 Å². The van der Waals surface area contributed by atoms with Gasteiger partial charge in [0.15, 0.2) is 0 Å². The van der Waals surface area contributed by atoms with Crippen LogP contribution in [0.15, 0.2) is 164 Å². The Morgan fingerprint density at radius 3 is 1.88 bits per heavy atom. The second kappa shape index (κ2) is 11.7. The van der Waals surface area contributed by atoms with Crippen LogP contribution >= 0.6 is 0 Å². The molecule has 0 aliphatic heterocycles. The first-order chi connectivity index (χ1) is 24.1. The van der Waals surface area contributed by atoms with Gasteiger partial charge >= 0.3 is 0 Å². The highest BCUT2D eigenvalue weighted by molar-refractivity contribution is 6.03. The average Bonchev–Trinajstić information content (AvgIpc) is 3.46. The van der Waals surface area contributed by atoms with Gasteiger partial charge in [0.05, 0.1) is 22.1 Å². The summed E-state index contributed by atoms with van der Waals surface area (Å²) in [5, 5.41) is 2.20. The fraction of sp³-hybridized carbons (Fsp3) is 0.106. The Balaban J connectivity index is 1.16. The van der Waals surface area contributed by atoms with Gasteiger partial charge in [-0.1, -0.05) is 153 Å². The molecular formula is C47H36N2. The number of nitrogens with zero attached hydrogens (tertiary/aromatic N) is 2. The maximum atomic E-state index is 5.09. The van der Waals surface area contributed by atoms with Crippen LogP contribution in [0.2, 0.25) is 0 Å². The van der Waals surface area contributed by atoms with Crippen molar-refractivity contribution in [2.75, 3.05) is 0 Å². The lowest BCUT2D eigenvalue weighted by Gasteiger charge is -2.34. The van der Waals surface area contributed by atoms with Crippen molar-refractivity contribution in [2.24, 2.45) is 5.92 Å². The van der Waals surface area contributed by atoms with E-state index in [9.17, 15) is 0 Å². The van der Waals surface area contributed by atoms with Crippen molar-refractivity contribution in [1.29, 1.82) is 0 Å². The number of pyridine rings is 2. The summed E-state index contributed by atoms with van der Waals surface area (Å²) >= 11 is 0. The summed E-state index contributed by atoms with van der Waals surface area (Å²) in [6.07, 6.45) is 2.92. The van der Waals surface area contributed by atoms with Gasteiger partial charge < -0.3 is 0 Å². The lowest BCUT2D eigenvalue weighted by Crippen LogP contribution is -2.28. The molecule has 2 aromatic heterocycles. The summed E-state index contributed by atoms with van der Waals surface area (Å²) in [7, 11) is 0. The van der Waals surface area contributed by atoms with E-state index in [0.717, 1.165) is 39.5 Å². The molecule has 0 amide bonds. The highest BCUT2D eigenvalue weighted by Gasteiger charge is 2.45. The van der Waals surface area contributed by atoms with E-state index in [1.54, 1.807) is 0 Å². The van der Waals surface area contributed by atoms with Crippen molar-refractivity contribution < 1.29 is 0 Å². The second-order valence-electron chi connectivity index (χ2n) is 13.7. The van der Waals surface area contributed by atoms with Gasteiger partial charge in [-0.15, -0.1) is 0 Å². The molecule has 0 N–H and O–H groups in total. The van der Waals surface area contributed by atoms with Gasteiger partial charge in [-0.25, -0.2) is 4.98 Å². The van der Waals surface area contributed by atoms with Gasteiger partial charge in [0, 0.05) is 22.5 Å². The largest absolute Gasteiger partial charge is 0.254 e. The molecule has 1 aliphatic rings. The molecule has 0 radical (unpaired) electrons. The molecule has 0 atom stereocenters. The first-order valence-corrected chi connectivity index (χ1v) is 17.2. The van der Waals surface area contributed by atoms with Crippen molar-refractivity contribution in [2.45, 2.75) is 25.7 Å². The summed E-state index contributed by atoms with van der Waals surface area (Å²) in [5.41, 5.74) is 15.1. The molecule has 234 valence electrons. The Morgan fingerprint density at radius 1 is 0.510 bits per heavy atom. The molecule has 0 saturated carbocycles. The summed E-state index contributed by atoms with van der Waals surface area (Å²) in [5.74, 6) is 0.615. The summed E-state index contributed by atoms with van der Waals surface area (Å²) < 4.78 is 0. The lowest BCUT2D eigenvalue weighted by atomic mass is 9.67. The van der Waals surface area contributed by atoms with Crippen LogP contribution < -0.4 is 0 Å². The molecule has 2 heterocycles. The van der Waals surface area contributed by atoms with Crippen LogP contribution in [0.25, 0.3) is 55.3 Å². The van der Waals surface area contributed by atoms with Gasteiger partial charge in [-0.3, -0.25) is 4.98 Å². The predicted molar refractivity (Wildman–Crippen MR) is 204 cm³/mol. The topological polar surface area (TPSA) is 25.8 Å². The van der Waals surface area contributed by atoms with Crippen LogP contribution in [-0.2, 0) is 11.8 Å². The Bertz CT molecular complexity index is 2440. The van der Waals surface area contributed by atoms with Crippen molar-refractivity contribution in [3.8, 4) is 33.5 Å². The van der Waals surface area contributed by atoms with Gasteiger partial charge in [0.1, 0.15) is 0 Å². The highest BCUT2D eigenvalue weighted by atomic mass is 14.7. The molecule has 49 heavy (non-hydrogen) atoms. The van der Waals surface area contributed by atoms with E-state index in [0.29, 0.717) is 5.92 Å². The zero-order chi connectivity index (χ0) is 33.0. The molecule has 0 saturated heterocycles. The molecule has 2 heteroatoms. The van der Waals surface area contributed by atoms with Crippen LogP contribution in [0.3, 0.4) is 0 Å². The summed E-state index contributed by atoms with van der Waals surface area (Å²) in [4.78, 5) is 9.73. The van der Waals surface area contributed by atoms with Crippen LogP contribution in [0.4, 0.5) is 0 Å². The van der Waals surface area contributed by atoms with Gasteiger partial charge in [-0.05, 0) is 80.6 Å². The molecule has 9 rings (SSSR count). The molecular weight excluding hydrogens is 593 g/mol. The van der Waals surface area contributed by atoms with Crippen molar-refractivity contribution in [3.05, 3.63) is 192 Å². The fourth-order valence-corrected chi connectivity index (χ4v) is 8.04. The lowest BCUT2D eigenvalue weighted by molar-refractivity contribution is 0.646. The number of hydrogen-bond acceptors (Lipinski definition) is 2. The Kier molecular flexibility index (Phi) is 6.98. The Labute approximate surface area is 287 Å². The summed E-state index contributed by atoms with van der Waals surface area (Å²) in [6, 6.07) is 57.9. The molecule has 0 unspecified atom stereocenters. The monoisotopic (exact) mass is 628 g/mol. The standard InChI is InChI=1S/C47H36N2/c1-31(2)29-32-16-25-38(26-17-32)47(42-14-5-3-12-40(42)41-13-4-6-15-43(41)47)39-11-7-9-37(30-39)33-18-20-34(21-19-33)44-27-24-36-23-22-35-10-8-28-48-45(35)46(36)49-44/h3-28,30-31H,29H2,1-2H3. The number of aromatic nitrogens is 2. The third-order valence-corrected chi connectivity index (χ3v) is 10.2. The van der Waals surface area contributed by atoms with E-state index in [4.69, 9.17) is 4.98 Å². The third-order valence-electron chi connectivity index (χ3n) is 10.2. The molecule has 2 nitrogen and oxygen atoms in total. The van der Waals surface area contributed by atoms with Crippen molar-refractivity contribution >= 4 is 21.8 Å². The minimum absolute atomic E-state index is 0.425. The Morgan fingerprint density at radius 2 is 1.16 bits per heavy atom. The highest BCUT2D eigenvalue weighted by Crippen LogP contribution is 2.56. The van der Waals surface area contributed by atoms with E-state index >= 15 is 0 Å². The predicted octanol–water partition coefficient (Wildman–Crippen LogP) is 11.7. The number of rotatable bonds is 6. The molecule has 0 bridgehead atoms. The van der Waals surface area contributed by atoms with Crippen molar-refractivity contribution in [3.63, 3.8) is 0 Å². The van der Waals surface area contributed by atoms with E-state index in [2.05, 4.69) is 170 Å². The van der Waals surface area contributed by atoms with Crippen LogP contribution in [-0.4, -0.2) is 9.97 Å². The second-order valence-corrected chi connectivity index (χ2v) is 13.7. The maximum Gasteiger partial charge on any atom is 0.0972 e. The maximum absolute atomic E-state index is 5.09.